The predicted octanol–water partition coefficient (Wildman–Crippen LogP) is 0.922. The molecule has 1 aromatic rings. The first-order chi connectivity index (χ1) is 10.7. The molecule has 0 bridgehead atoms. The normalized spacial score (nSPS) is 18.3. The molecule has 0 aromatic heterocycles. The Morgan fingerprint density at radius 3 is 2.74 bits per heavy atom. The van der Waals surface area contributed by atoms with Gasteiger partial charge in [0.25, 0.3) is 0 Å². The summed E-state index contributed by atoms with van der Waals surface area (Å²) in [6.07, 6.45) is 1.17. The Bertz CT molecular complexity index is 736. The molecule has 1 heterocycles. The van der Waals surface area contributed by atoms with Crippen molar-refractivity contribution in [3.63, 3.8) is 0 Å². The van der Waals surface area contributed by atoms with Gasteiger partial charge >= 0.3 is 0 Å². The molecule has 6 nitrogen and oxygen atoms in total. The molecule has 2 amide bonds. The molecule has 9 heteroatoms. The molecule has 0 spiro atoms. The Labute approximate surface area is 132 Å². The second kappa shape index (κ2) is 6.61. The van der Waals surface area contributed by atoms with Gasteiger partial charge in [-0.1, -0.05) is 12.1 Å². The second-order valence-electron chi connectivity index (χ2n) is 5.43. The Kier molecular flexibility index (Phi) is 4.98. The van der Waals surface area contributed by atoms with Gasteiger partial charge in [-0.05, 0) is 12.5 Å². The van der Waals surface area contributed by atoms with Crippen LogP contribution in [0.25, 0.3) is 0 Å². The number of likely N-dealkylation sites (tertiary alicyclic amines) is 1. The first-order valence-electron chi connectivity index (χ1n) is 6.90. The minimum atomic E-state index is -3.68. The quantitative estimate of drug-likeness (QED) is 0.859. The van der Waals surface area contributed by atoms with Gasteiger partial charge in [0.05, 0.1) is 6.26 Å². The van der Waals surface area contributed by atoms with Crippen LogP contribution in [0.15, 0.2) is 18.2 Å². The molecule has 1 aliphatic rings. The first-order valence-corrected chi connectivity index (χ1v) is 8.79. The topological polar surface area (TPSA) is 83.5 Å². The van der Waals surface area contributed by atoms with Crippen LogP contribution in [0.4, 0.5) is 8.78 Å². The first kappa shape index (κ1) is 17.3. The molecule has 1 fully saturated rings. The van der Waals surface area contributed by atoms with E-state index < -0.39 is 33.6 Å². The zero-order valence-corrected chi connectivity index (χ0v) is 13.2. The lowest BCUT2D eigenvalue weighted by Crippen LogP contribution is -2.38. The SMILES string of the molecule is CS(=O)(=O)NC(=O)C[C@H]1CCC(=O)N1Cc1cccc(F)c1F. The summed E-state index contributed by atoms with van der Waals surface area (Å²) in [6, 6.07) is 3.12. The van der Waals surface area contributed by atoms with Crippen LogP contribution in [-0.2, 0) is 26.2 Å². The molecule has 23 heavy (non-hydrogen) atoms. The highest BCUT2D eigenvalue weighted by molar-refractivity contribution is 7.89. The average Bonchev–Trinajstić information content (AvgIpc) is 2.74. The van der Waals surface area contributed by atoms with E-state index in [9.17, 15) is 26.8 Å². The van der Waals surface area contributed by atoms with Crippen molar-refractivity contribution >= 4 is 21.8 Å². The number of hydrogen-bond donors (Lipinski definition) is 1. The van der Waals surface area contributed by atoms with E-state index >= 15 is 0 Å². The number of hydrogen-bond acceptors (Lipinski definition) is 4. The second-order valence-corrected chi connectivity index (χ2v) is 7.18. The summed E-state index contributed by atoms with van der Waals surface area (Å²) in [6.45, 7) is -0.167. The van der Waals surface area contributed by atoms with Crippen LogP contribution >= 0.6 is 0 Å². The summed E-state index contributed by atoms with van der Waals surface area (Å²) >= 11 is 0. The van der Waals surface area contributed by atoms with Gasteiger partial charge in [-0.15, -0.1) is 0 Å². The molecule has 1 atom stereocenters. The number of halogens is 2. The minimum Gasteiger partial charge on any atom is -0.335 e. The molecule has 1 aliphatic heterocycles. The van der Waals surface area contributed by atoms with Crippen LogP contribution in [-0.4, -0.2) is 37.4 Å². The van der Waals surface area contributed by atoms with Crippen molar-refractivity contribution < 1.29 is 26.8 Å². The van der Waals surface area contributed by atoms with Gasteiger partial charge in [-0.25, -0.2) is 17.2 Å². The predicted molar refractivity (Wildman–Crippen MR) is 77.5 cm³/mol. The number of nitrogens with zero attached hydrogens (tertiary/aromatic N) is 1. The highest BCUT2D eigenvalue weighted by Gasteiger charge is 2.33. The summed E-state index contributed by atoms with van der Waals surface area (Å²) in [5.74, 6) is -3.07. The van der Waals surface area contributed by atoms with Crippen LogP contribution in [0.2, 0.25) is 0 Å². The Hall–Kier alpha value is -2.03. The summed E-state index contributed by atoms with van der Waals surface area (Å²) in [5, 5.41) is 0. The number of carbonyl (C=O) groups is 2. The van der Waals surface area contributed by atoms with Gasteiger partial charge in [0.1, 0.15) is 0 Å². The standard InChI is InChI=1S/C14H16F2N2O4S/c1-23(21,22)17-12(19)7-10-5-6-13(20)18(10)8-9-3-2-4-11(15)14(9)16/h2-4,10H,5-8H2,1H3,(H,17,19)/t10-/m1/s1. The summed E-state index contributed by atoms with van der Waals surface area (Å²) < 4.78 is 50.8. The summed E-state index contributed by atoms with van der Waals surface area (Å²) in [4.78, 5) is 24.9. The Balaban J connectivity index is 2.11. The fourth-order valence-corrected chi connectivity index (χ4v) is 3.04. The van der Waals surface area contributed by atoms with Gasteiger partial charge in [-0.2, -0.15) is 0 Å². The maximum Gasteiger partial charge on any atom is 0.235 e. The van der Waals surface area contributed by atoms with Crippen LogP contribution < -0.4 is 4.72 Å². The summed E-state index contributed by atoms with van der Waals surface area (Å²) in [7, 11) is -3.68. The van der Waals surface area contributed by atoms with Crippen LogP contribution in [0.5, 0.6) is 0 Å². The average molecular weight is 346 g/mol. The van der Waals surface area contributed by atoms with E-state index in [1.165, 1.54) is 17.0 Å². The van der Waals surface area contributed by atoms with E-state index in [0.29, 0.717) is 6.42 Å². The molecule has 0 aliphatic carbocycles. The van der Waals surface area contributed by atoms with Gasteiger partial charge in [-0.3, -0.25) is 14.3 Å². The lowest BCUT2D eigenvalue weighted by Gasteiger charge is -2.24. The van der Waals surface area contributed by atoms with Gasteiger partial charge < -0.3 is 4.90 Å². The number of benzene rings is 1. The fourth-order valence-electron chi connectivity index (χ4n) is 2.54. The molecule has 1 aromatic carbocycles. The largest absolute Gasteiger partial charge is 0.335 e. The van der Waals surface area contributed by atoms with E-state index in [1.807, 2.05) is 4.72 Å². The van der Waals surface area contributed by atoms with Crippen molar-refractivity contribution in [3.05, 3.63) is 35.4 Å². The number of amides is 2. The molecular weight excluding hydrogens is 330 g/mol. The van der Waals surface area contributed by atoms with Crippen molar-refractivity contribution in [1.82, 2.24) is 9.62 Å². The van der Waals surface area contributed by atoms with E-state index in [4.69, 9.17) is 0 Å². The Morgan fingerprint density at radius 1 is 1.39 bits per heavy atom. The van der Waals surface area contributed by atoms with Gasteiger partial charge in [0.2, 0.25) is 21.8 Å². The smallest absolute Gasteiger partial charge is 0.235 e. The monoisotopic (exact) mass is 346 g/mol. The zero-order valence-electron chi connectivity index (χ0n) is 12.4. The third-order valence-corrected chi connectivity index (χ3v) is 4.14. The van der Waals surface area contributed by atoms with Crippen molar-refractivity contribution in [2.75, 3.05) is 6.26 Å². The molecule has 2 rings (SSSR count). The number of carbonyl (C=O) groups excluding carboxylic acids is 2. The molecular formula is C14H16F2N2O4S. The molecule has 0 radical (unpaired) electrons. The molecule has 0 saturated carbocycles. The van der Waals surface area contributed by atoms with Gasteiger partial charge in [0, 0.05) is 31.0 Å². The molecule has 1 saturated heterocycles. The van der Waals surface area contributed by atoms with E-state index in [0.717, 1.165) is 12.3 Å². The lowest BCUT2D eigenvalue weighted by atomic mass is 10.1. The van der Waals surface area contributed by atoms with Crippen molar-refractivity contribution in [3.8, 4) is 0 Å². The van der Waals surface area contributed by atoms with Crippen molar-refractivity contribution in [2.24, 2.45) is 0 Å². The number of nitrogens with one attached hydrogen (secondary N) is 1. The van der Waals surface area contributed by atoms with Crippen LogP contribution in [0, 0.1) is 11.6 Å². The maximum atomic E-state index is 13.7. The maximum absolute atomic E-state index is 13.7. The van der Waals surface area contributed by atoms with E-state index in [2.05, 4.69) is 0 Å². The van der Waals surface area contributed by atoms with Crippen molar-refractivity contribution in [2.45, 2.75) is 31.8 Å². The lowest BCUT2D eigenvalue weighted by molar-refractivity contribution is -0.130. The minimum absolute atomic E-state index is 0.00812. The summed E-state index contributed by atoms with van der Waals surface area (Å²) in [5.41, 5.74) is 0.00812. The van der Waals surface area contributed by atoms with E-state index in [1.54, 1.807) is 0 Å². The third-order valence-electron chi connectivity index (χ3n) is 3.55. The van der Waals surface area contributed by atoms with Gasteiger partial charge in [0.15, 0.2) is 11.6 Å². The highest BCUT2D eigenvalue weighted by Crippen LogP contribution is 2.25. The van der Waals surface area contributed by atoms with E-state index in [-0.39, 0.29) is 30.9 Å². The third kappa shape index (κ3) is 4.47. The number of rotatable bonds is 5. The molecule has 0 unspecified atom stereocenters. The van der Waals surface area contributed by atoms with Crippen LogP contribution in [0.3, 0.4) is 0 Å². The Morgan fingerprint density at radius 2 is 2.09 bits per heavy atom. The number of sulfonamides is 1. The molecule has 126 valence electrons. The zero-order chi connectivity index (χ0) is 17.2. The van der Waals surface area contributed by atoms with Crippen molar-refractivity contribution in [1.29, 1.82) is 0 Å². The fraction of sp³-hybridized carbons (Fsp3) is 0.429. The molecule has 1 N–H and O–H groups in total. The highest BCUT2D eigenvalue weighted by atomic mass is 32.2. The van der Waals surface area contributed by atoms with Crippen LogP contribution in [0.1, 0.15) is 24.8 Å².